The van der Waals surface area contributed by atoms with Crippen LogP contribution >= 0.6 is 46.7 Å². The first-order valence-electron chi connectivity index (χ1n) is 7.23. The SMILES string of the molecule is CCNC(=NCc1cccs1)NCCCc1nc(C)cs1.I. The third-order valence-corrected chi connectivity index (χ3v) is 4.73. The number of nitrogens with zero attached hydrogens (tertiary/aromatic N) is 2. The molecule has 0 aliphatic heterocycles. The van der Waals surface area contributed by atoms with E-state index in [0.717, 1.165) is 44.1 Å². The Morgan fingerprint density at radius 1 is 1.32 bits per heavy atom. The zero-order valence-electron chi connectivity index (χ0n) is 13.0. The van der Waals surface area contributed by atoms with Gasteiger partial charge in [0, 0.05) is 35.5 Å². The van der Waals surface area contributed by atoms with E-state index in [1.807, 2.05) is 6.92 Å². The summed E-state index contributed by atoms with van der Waals surface area (Å²) >= 11 is 3.49. The molecule has 0 aromatic carbocycles. The highest BCUT2D eigenvalue weighted by Gasteiger charge is 2.00. The fourth-order valence-corrected chi connectivity index (χ4v) is 3.31. The van der Waals surface area contributed by atoms with Gasteiger partial charge in [-0.25, -0.2) is 9.98 Å². The average Bonchev–Trinajstić information content (AvgIpc) is 3.12. The molecule has 0 bridgehead atoms. The van der Waals surface area contributed by atoms with Gasteiger partial charge in [-0.05, 0) is 31.7 Å². The van der Waals surface area contributed by atoms with Crippen LogP contribution in [0, 0.1) is 6.92 Å². The first-order chi connectivity index (χ1) is 10.3. The molecule has 2 aromatic heterocycles. The zero-order valence-corrected chi connectivity index (χ0v) is 16.9. The normalized spacial score (nSPS) is 11.1. The van der Waals surface area contributed by atoms with Crippen molar-refractivity contribution in [1.82, 2.24) is 15.6 Å². The molecule has 0 unspecified atom stereocenters. The van der Waals surface area contributed by atoms with E-state index >= 15 is 0 Å². The second kappa shape index (κ2) is 11.0. The van der Waals surface area contributed by atoms with Gasteiger partial charge in [0.15, 0.2) is 5.96 Å². The van der Waals surface area contributed by atoms with Crippen LogP contribution in [-0.2, 0) is 13.0 Å². The first kappa shape index (κ1) is 19.4. The molecule has 7 heteroatoms. The predicted molar refractivity (Wildman–Crippen MR) is 108 cm³/mol. The van der Waals surface area contributed by atoms with Crippen LogP contribution in [0.5, 0.6) is 0 Å². The summed E-state index contributed by atoms with van der Waals surface area (Å²) < 4.78 is 0. The first-order valence-corrected chi connectivity index (χ1v) is 8.99. The molecule has 4 nitrogen and oxygen atoms in total. The lowest BCUT2D eigenvalue weighted by atomic mass is 10.3. The number of nitrogens with one attached hydrogen (secondary N) is 2. The van der Waals surface area contributed by atoms with Gasteiger partial charge in [0.25, 0.3) is 0 Å². The van der Waals surface area contributed by atoms with Crippen molar-refractivity contribution in [1.29, 1.82) is 0 Å². The van der Waals surface area contributed by atoms with Crippen LogP contribution in [0.2, 0.25) is 0 Å². The molecule has 0 aliphatic carbocycles. The Hall–Kier alpha value is -0.670. The summed E-state index contributed by atoms with van der Waals surface area (Å²) in [6, 6.07) is 4.18. The Morgan fingerprint density at radius 3 is 2.82 bits per heavy atom. The van der Waals surface area contributed by atoms with E-state index in [4.69, 9.17) is 0 Å². The summed E-state index contributed by atoms with van der Waals surface area (Å²) in [4.78, 5) is 10.4. The molecule has 122 valence electrons. The van der Waals surface area contributed by atoms with Gasteiger partial charge in [-0.15, -0.1) is 46.7 Å². The fourth-order valence-electron chi connectivity index (χ4n) is 1.87. The highest BCUT2D eigenvalue weighted by Crippen LogP contribution is 2.10. The van der Waals surface area contributed by atoms with Crippen molar-refractivity contribution in [2.75, 3.05) is 13.1 Å². The summed E-state index contributed by atoms with van der Waals surface area (Å²) in [5, 5.41) is 12.1. The molecular formula is C15H23IN4S2. The van der Waals surface area contributed by atoms with Gasteiger partial charge in [-0.2, -0.15) is 0 Å². The summed E-state index contributed by atoms with van der Waals surface area (Å²) in [5.41, 5.74) is 1.12. The molecule has 2 rings (SSSR count). The highest BCUT2D eigenvalue weighted by atomic mass is 127. The van der Waals surface area contributed by atoms with E-state index in [9.17, 15) is 0 Å². The number of aromatic nitrogens is 1. The van der Waals surface area contributed by atoms with Crippen LogP contribution < -0.4 is 10.6 Å². The minimum atomic E-state index is 0. The number of thiophene rings is 1. The Labute approximate surface area is 157 Å². The Bertz CT molecular complexity index is 552. The van der Waals surface area contributed by atoms with Gasteiger partial charge >= 0.3 is 0 Å². The van der Waals surface area contributed by atoms with Gasteiger partial charge in [0.2, 0.25) is 0 Å². The third-order valence-electron chi connectivity index (χ3n) is 2.84. The van der Waals surface area contributed by atoms with E-state index in [1.54, 1.807) is 22.7 Å². The molecule has 0 saturated carbocycles. The van der Waals surface area contributed by atoms with Crippen molar-refractivity contribution in [3.8, 4) is 0 Å². The maximum Gasteiger partial charge on any atom is 0.191 e. The monoisotopic (exact) mass is 450 g/mol. The molecule has 0 saturated heterocycles. The summed E-state index contributed by atoms with van der Waals surface area (Å²) in [6.07, 6.45) is 2.09. The van der Waals surface area contributed by atoms with Crippen molar-refractivity contribution in [2.45, 2.75) is 33.2 Å². The van der Waals surface area contributed by atoms with E-state index in [-0.39, 0.29) is 24.0 Å². The lowest BCUT2D eigenvalue weighted by Gasteiger charge is -2.10. The number of hydrogen-bond donors (Lipinski definition) is 2. The van der Waals surface area contributed by atoms with Gasteiger partial charge < -0.3 is 10.6 Å². The lowest BCUT2D eigenvalue weighted by molar-refractivity contribution is 0.741. The largest absolute Gasteiger partial charge is 0.357 e. The Kier molecular flexibility index (Phi) is 9.65. The van der Waals surface area contributed by atoms with E-state index in [2.05, 4.69) is 50.4 Å². The molecular weight excluding hydrogens is 427 g/mol. The topological polar surface area (TPSA) is 49.3 Å². The fraction of sp³-hybridized carbons (Fsp3) is 0.467. The van der Waals surface area contributed by atoms with Crippen molar-refractivity contribution >= 4 is 52.6 Å². The maximum atomic E-state index is 4.60. The number of guanidine groups is 1. The average molecular weight is 450 g/mol. The minimum absolute atomic E-state index is 0. The zero-order chi connectivity index (χ0) is 14.9. The van der Waals surface area contributed by atoms with Crippen LogP contribution in [0.1, 0.15) is 28.9 Å². The van der Waals surface area contributed by atoms with E-state index in [0.29, 0.717) is 0 Å². The summed E-state index contributed by atoms with van der Waals surface area (Å²) in [7, 11) is 0. The highest BCUT2D eigenvalue weighted by molar-refractivity contribution is 14.0. The Balaban J connectivity index is 0.00000242. The van der Waals surface area contributed by atoms with Crippen LogP contribution in [0.4, 0.5) is 0 Å². The summed E-state index contributed by atoms with van der Waals surface area (Å²) in [5.74, 6) is 0.890. The molecule has 0 spiro atoms. The number of hydrogen-bond acceptors (Lipinski definition) is 4. The molecule has 0 atom stereocenters. The summed E-state index contributed by atoms with van der Waals surface area (Å²) in [6.45, 7) is 6.65. The standard InChI is InChI=1S/C15H22N4S2.HI/c1-3-16-15(18-10-13-6-5-9-20-13)17-8-4-7-14-19-12(2)11-21-14;/h5-6,9,11H,3-4,7-8,10H2,1-2H3,(H2,16,17,18);1H. The smallest absolute Gasteiger partial charge is 0.191 e. The molecule has 0 radical (unpaired) electrons. The molecule has 0 aliphatic rings. The molecule has 0 amide bonds. The van der Waals surface area contributed by atoms with Crippen LogP contribution in [0.15, 0.2) is 27.9 Å². The van der Waals surface area contributed by atoms with Crippen LogP contribution in [0.25, 0.3) is 0 Å². The third kappa shape index (κ3) is 7.06. The molecule has 22 heavy (non-hydrogen) atoms. The Morgan fingerprint density at radius 2 is 2.18 bits per heavy atom. The van der Waals surface area contributed by atoms with Crippen molar-refractivity contribution in [3.05, 3.63) is 38.5 Å². The number of thiazole rings is 1. The second-order valence-corrected chi connectivity index (χ2v) is 6.66. The number of aryl methyl sites for hydroxylation is 2. The quantitative estimate of drug-likeness (QED) is 0.292. The molecule has 2 N–H and O–H groups in total. The van der Waals surface area contributed by atoms with Crippen LogP contribution in [0.3, 0.4) is 0 Å². The van der Waals surface area contributed by atoms with Crippen molar-refractivity contribution in [2.24, 2.45) is 4.99 Å². The number of aliphatic imine (C=N–C) groups is 1. The van der Waals surface area contributed by atoms with E-state index < -0.39 is 0 Å². The van der Waals surface area contributed by atoms with Crippen LogP contribution in [-0.4, -0.2) is 24.0 Å². The number of rotatable bonds is 7. The van der Waals surface area contributed by atoms with Crippen molar-refractivity contribution in [3.63, 3.8) is 0 Å². The minimum Gasteiger partial charge on any atom is -0.357 e. The molecule has 0 fully saturated rings. The van der Waals surface area contributed by atoms with Gasteiger partial charge in [-0.3, -0.25) is 0 Å². The van der Waals surface area contributed by atoms with Gasteiger partial charge in [-0.1, -0.05) is 6.07 Å². The maximum absolute atomic E-state index is 4.60. The lowest BCUT2D eigenvalue weighted by Crippen LogP contribution is -2.37. The molecule has 2 heterocycles. The predicted octanol–water partition coefficient (Wildman–Crippen LogP) is 3.82. The molecule has 2 aromatic rings. The van der Waals surface area contributed by atoms with E-state index in [1.165, 1.54) is 9.88 Å². The van der Waals surface area contributed by atoms with Gasteiger partial charge in [0.1, 0.15) is 0 Å². The number of halogens is 1. The second-order valence-electron chi connectivity index (χ2n) is 4.69. The van der Waals surface area contributed by atoms with Crippen molar-refractivity contribution < 1.29 is 0 Å². The van der Waals surface area contributed by atoms with Gasteiger partial charge in [0.05, 0.1) is 11.6 Å².